The second-order valence-corrected chi connectivity index (χ2v) is 6.26. The van der Waals surface area contributed by atoms with Crippen LogP contribution in [0.25, 0.3) is 10.9 Å². The number of guanidine groups is 1. The van der Waals surface area contributed by atoms with Gasteiger partial charge in [-0.05, 0) is 37.3 Å². The Bertz CT molecular complexity index is 809. The molecule has 0 saturated heterocycles. The SMILES string of the molecule is CCNC(=NCCCn1ccnc1)NCCCn1ccc2ccccc21.I. The number of hydrogen-bond acceptors (Lipinski definition) is 2. The molecule has 1 aromatic carbocycles. The Morgan fingerprint density at radius 3 is 2.78 bits per heavy atom. The highest BCUT2D eigenvalue weighted by atomic mass is 127. The number of nitrogens with one attached hydrogen (secondary N) is 2. The van der Waals surface area contributed by atoms with Crippen LogP contribution in [-0.4, -0.2) is 39.7 Å². The number of aryl methyl sites for hydroxylation is 2. The molecule has 2 N–H and O–H groups in total. The van der Waals surface area contributed by atoms with Gasteiger partial charge in [0.15, 0.2) is 5.96 Å². The van der Waals surface area contributed by atoms with Gasteiger partial charge in [0.25, 0.3) is 0 Å². The summed E-state index contributed by atoms with van der Waals surface area (Å²) in [6, 6.07) is 10.7. The zero-order chi connectivity index (χ0) is 18.0. The van der Waals surface area contributed by atoms with Gasteiger partial charge in [-0.1, -0.05) is 18.2 Å². The molecule has 3 aromatic rings. The summed E-state index contributed by atoms with van der Waals surface area (Å²) in [5.74, 6) is 0.899. The Balaban J connectivity index is 0.00000261. The maximum absolute atomic E-state index is 4.65. The Morgan fingerprint density at radius 1 is 1.07 bits per heavy atom. The molecule has 0 spiro atoms. The number of aliphatic imine (C=N–C) groups is 1. The Kier molecular flexibility index (Phi) is 9.17. The van der Waals surface area contributed by atoms with Gasteiger partial charge in [0.05, 0.1) is 6.33 Å². The Morgan fingerprint density at radius 2 is 1.96 bits per heavy atom. The number of rotatable bonds is 9. The number of halogens is 1. The van der Waals surface area contributed by atoms with E-state index in [2.05, 4.69) is 73.2 Å². The molecule has 27 heavy (non-hydrogen) atoms. The molecule has 0 atom stereocenters. The maximum atomic E-state index is 4.65. The number of fused-ring (bicyclic) bond motifs is 1. The molecule has 0 amide bonds. The van der Waals surface area contributed by atoms with Crippen LogP contribution in [0.4, 0.5) is 0 Å². The fourth-order valence-electron chi connectivity index (χ4n) is 3.00. The standard InChI is InChI=1S/C20H28N6.HI/c1-2-22-20(23-10-5-13-25-16-12-21-17-25)24-11-6-14-26-15-9-18-7-3-4-8-19(18)26;/h3-4,7-9,12,15-17H,2,5-6,10-11,13-14H2,1H3,(H2,22,23,24);1H. The van der Waals surface area contributed by atoms with Crippen LogP contribution in [0.3, 0.4) is 0 Å². The first-order valence-corrected chi connectivity index (χ1v) is 9.38. The van der Waals surface area contributed by atoms with Crippen molar-refractivity contribution in [3.8, 4) is 0 Å². The van der Waals surface area contributed by atoms with E-state index in [1.807, 2.05) is 18.7 Å². The number of para-hydroxylation sites is 1. The van der Waals surface area contributed by atoms with Crippen LogP contribution in [0.5, 0.6) is 0 Å². The normalized spacial score (nSPS) is 11.4. The molecule has 0 fully saturated rings. The molecular formula is C20H29IN6. The summed E-state index contributed by atoms with van der Waals surface area (Å²) in [5, 5.41) is 8.04. The predicted molar refractivity (Wildman–Crippen MR) is 123 cm³/mol. The molecule has 0 aliphatic carbocycles. The van der Waals surface area contributed by atoms with Crippen molar-refractivity contribution in [1.29, 1.82) is 0 Å². The molecule has 7 heteroatoms. The lowest BCUT2D eigenvalue weighted by molar-refractivity contribution is 0.632. The quantitative estimate of drug-likeness (QED) is 0.213. The maximum Gasteiger partial charge on any atom is 0.191 e. The van der Waals surface area contributed by atoms with E-state index in [1.165, 1.54) is 10.9 Å². The Labute approximate surface area is 178 Å². The van der Waals surface area contributed by atoms with Crippen LogP contribution in [-0.2, 0) is 13.1 Å². The number of hydrogen-bond donors (Lipinski definition) is 2. The molecule has 2 aromatic heterocycles. The van der Waals surface area contributed by atoms with Gasteiger partial charge in [0.1, 0.15) is 0 Å². The average molecular weight is 480 g/mol. The minimum absolute atomic E-state index is 0. The number of benzene rings is 1. The highest BCUT2D eigenvalue weighted by Gasteiger charge is 2.01. The fourth-order valence-corrected chi connectivity index (χ4v) is 3.00. The molecule has 0 bridgehead atoms. The third-order valence-electron chi connectivity index (χ3n) is 4.30. The van der Waals surface area contributed by atoms with E-state index < -0.39 is 0 Å². The second kappa shape index (κ2) is 11.6. The van der Waals surface area contributed by atoms with Crippen LogP contribution in [0.15, 0.2) is 60.2 Å². The van der Waals surface area contributed by atoms with Crippen LogP contribution in [0, 0.1) is 0 Å². The first-order chi connectivity index (χ1) is 12.9. The molecule has 0 radical (unpaired) electrons. The predicted octanol–water partition coefficient (Wildman–Crippen LogP) is 3.49. The van der Waals surface area contributed by atoms with E-state index in [0.29, 0.717) is 0 Å². The minimum Gasteiger partial charge on any atom is -0.357 e. The zero-order valence-corrected chi connectivity index (χ0v) is 18.2. The summed E-state index contributed by atoms with van der Waals surface area (Å²) < 4.78 is 4.39. The van der Waals surface area contributed by atoms with Crippen LogP contribution >= 0.6 is 24.0 Å². The topological polar surface area (TPSA) is 59.2 Å². The third kappa shape index (κ3) is 6.57. The van der Waals surface area contributed by atoms with E-state index in [9.17, 15) is 0 Å². The molecular weight excluding hydrogens is 451 g/mol. The molecule has 6 nitrogen and oxygen atoms in total. The second-order valence-electron chi connectivity index (χ2n) is 6.26. The van der Waals surface area contributed by atoms with E-state index in [0.717, 1.165) is 51.5 Å². The monoisotopic (exact) mass is 480 g/mol. The molecule has 3 rings (SSSR count). The summed E-state index contributed by atoms with van der Waals surface area (Å²) in [6.45, 7) is 6.62. The largest absolute Gasteiger partial charge is 0.357 e. The van der Waals surface area contributed by atoms with Crippen molar-refractivity contribution in [2.75, 3.05) is 19.6 Å². The van der Waals surface area contributed by atoms with Crippen molar-refractivity contribution in [2.45, 2.75) is 32.9 Å². The van der Waals surface area contributed by atoms with E-state index in [-0.39, 0.29) is 24.0 Å². The number of aromatic nitrogens is 3. The van der Waals surface area contributed by atoms with Crippen LogP contribution in [0.2, 0.25) is 0 Å². The molecule has 0 aliphatic rings. The van der Waals surface area contributed by atoms with Crippen molar-refractivity contribution in [3.63, 3.8) is 0 Å². The lowest BCUT2D eigenvalue weighted by Crippen LogP contribution is -2.38. The molecule has 0 aliphatic heterocycles. The number of nitrogens with zero attached hydrogens (tertiary/aromatic N) is 4. The summed E-state index contributed by atoms with van der Waals surface area (Å²) in [7, 11) is 0. The third-order valence-corrected chi connectivity index (χ3v) is 4.30. The van der Waals surface area contributed by atoms with Gasteiger partial charge >= 0.3 is 0 Å². The fraction of sp³-hybridized carbons (Fsp3) is 0.400. The van der Waals surface area contributed by atoms with Crippen molar-refractivity contribution in [1.82, 2.24) is 24.8 Å². The first-order valence-electron chi connectivity index (χ1n) is 9.38. The smallest absolute Gasteiger partial charge is 0.191 e. The van der Waals surface area contributed by atoms with Gasteiger partial charge in [0, 0.05) is 56.8 Å². The highest BCUT2D eigenvalue weighted by molar-refractivity contribution is 14.0. The van der Waals surface area contributed by atoms with Crippen molar-refractivity contribution in [2.24, 2.45) is 4.99 Å². The van der Waals surface area contributed by atoms with Gasteiger partial charge < -0.3 is 19.8 Å². The molecule has 0 unspecified atom stereocenters. The van der Waals surface area contributed by atoms with E-state index in [1.54, 1.807) is 0 Å². The molecule has 2 heterocycles. The van der Waals surface area contributed by atoms with Crippen LogP contribution in [0.1, 0.15) is 19.8 Å². The van der Waals surface area contributed by atoms with E-state index in [4.69, 9.17) is 0 Å². The zero-order valence-electron chi connectivity index (χ0n) is 15.8. The van der Waals surface area contributed by atoms with Crippen molar-refractivity contribution >= 4 is 40.8 Å². The lowest BCUT2D eigenvalue weighted by Gasteiger charge is -2.12. The van der Waals surface area contributed by atoms with Gasteiger partial charge in [0.2, 0.25) is 0 Å². The summed E-state index contributed by atoms with van der Waals surface area (Å²) in [6.07, 6.45) is 9.86. The minimum atomic E-state index is 0. The van der Waals surface area contributed by atoms with Crippen molar-refractivity contribution < 1.29 is 0 Å². The van der Waals surface area contributed by atoms with Gasteiger partial charge in [-0.2, -0.15) is 0 Å². The van der Waals surface area contributed by atoms with E-state index >= 15 is 0 Å². The summed E-state index contributed by atoms with van der Waals surface area (Å²) >= 11 is 0. The van der Waals surface area contributed by atoms with Gasteiger partial charge in [-0.3, -0.25) is 4.99 Å². The highest BCUT2D eigenvalue weighted by Crippen LogP contribution is 2.15. The molecule has 146 valence electrons. The first kappa shape index (κ1) is 21.3. The number of imidazole rings is 1. The lowest BCUT2D eigenvalue weighted by atomic mass is 10.2. The van der Waals surface area contributed by atoms with Gasteiger partial charge in [-0.25, -0.2) is 4.98 Å². The average Bonchev–Trinajstić information content (AvgIpc) is 3.32. The van der Waals surface area contributed by atoms with Crippen molar-refractivity contribution in [3.05, 3.63) is 55.2 Å². The van der Waals surface area contributed by atoms with Crippen LogP contribution < -0.4 is 10.6 Å². The summed E-state index contributed by atoms with van der Waals surface area (Å²) in [5.41, 5.74) is 1.30. The van der Waals surface area contributed by atoms with Gasteiger partial charge in [-0.15, -0.1) is 24.0 Å². The molecule has 0 saturated carbocycles. The summed E-state index contributed by atoms with van der Waals surface area (Å²) in [4.78, 5) is 8.71. The Hall–Kier alpha value is -2.03.